The van der Waals surface area contributed by atoms with Gasteiger partial charge in [-0.2, -0.15) is 0 Å². The third kappa shape index (κ3) is 6.82. The maximum absolute atomic E-state index is 13.9. The highest BCUT2D eigenvalue weighted by molar-refractivity contribution is 6.00. The molecule has 0 aromatic heterocycles. The third-order valence-corrected chi connectivity index (χ3v) is 7.68. The number of anilines is 2. The molecule has 3 amide bonds. The molecule has 6 rings (SSSR count). The van der Waals surface area contributed by atoms with E-state index in [2.05, 4.69) is 16.0 Å². The minimum Gasteiger partial charge on any atom is -0.487 e. The first-order chi connectivity index (χ1) is 21.4. The topological polar surface area (TPSA) is 118 Å². The lowest BCUT2D eigenvalue weighted by Gasteiger charge is -2.37. The summed E-state index contributed by atoms with van der Waals surface area (Å²) in [5.74, 6) is 1.22. The first-order valence-electron chi connectivity index (χ1n) is 14.4. The summed E-state index contributed by atoms with van der Waals surface area (Å²) in [5.41, 5.74) is 2.35. The van der Waals surface area contributed by atoms with E-state index in [4.69, 9.17) is 14.2 Å². The zero-order valence-electron chi connectivity index (χ0n) is 23.7. The number of hydrogen-bond donors (Lipinski definition) is 4. The fraction of sp³-hybridized carbons (Fsp3) is 0.235. The third-order valence-electron chi connectivity index (χ3n) is 7.68. The van der Waals surface area contributed by atoms with Gasteiger partial charge in [0.25, 0.3) is 0 Å². The van der Waals surface area contributed by atoms with Crippen LogP contribution in [0.15, 0.2) is 97.1 Å². The van der Waals surface area contributed by atoms with Crippen molar-refractivity contribution in [1.82, 2.24) is 5.32 Å². The molecule has 2 heterocycles. The zero-order valence-corrected chi connectivity index (χ0v) is 23.7. The van der Waals surface area contributed by atoms with Gasteiger partial charge in [0.1, 0.15) is 35.3 Å². The first-order valence-corrected chi connectivity index (χ1v) is 14.4. The second-order valence-corrected chi connectivity index (χ2v) is 10.8. The van der Waals surface area contributed by atoms with Crippen molar-refractivity contribution in [1.29, 1.82) is 0 Å². The summed E-state index contributed by atoms with van der Waals surface area (Å²) in [5, 5.41) is 18.2. The van der Waals surface area contributed by atoms with Gasteiger partial charge in [0.2, 0.25) is 5.91 Å². The van der Waals surface area contributed by atoms with Crippen LogP contribution in [0.1, 0.15) is 29.9 Å². The lowest BCUT2D eigenvalue weighted by atomic mass is 9.84. The van der Waals surface area contributed by atoms with Gasteiger partial charge in [-0.15, -0.1) is 0 Å². The number of carbonyl (C=O) groups is 2. The summed E-state index contributed by atoms with van der Waals surface area (Å²) < 4.78 is 32.0. The predicted octanol–water partition coefficient (Wildman–Crippen LogP) is 5.96. The molecule has 4 atom stereocenters. The number of halogens is 1. The molecule has 0 radical (unpaired) electrons. The van der Waals surface area contributed by atoms with Crippen LogP contribution in [-0.4, -0.2) is 42.0 Å². The molecule has 0 unspecified atom stereocenters. The van der Waals surface area contributed by atoms with Crippen LogP contribution in [0.2, 0.25) is 0 Å². The number of fused-ring (bicyclic) bond motifs is 3. The summed E-state index contributed by atoms with van der Waals surface area (Å²) in [6, 6.07) is 27.6. The number of rotatable bonds is 9. The number of aliphatic hydroxyl groups excluding tert-OH is 1. The van der Waals surface area contributed by atoms with Crippen molar-refractivity contribution in [2.24, 2.45) is 0 Å². The van der Waals surface area contributed by atoms with Gasteiger partial charge in [-0.25, -0.2) is 9.18 Å². The second kappa shape index (κ2) is 13.2. The molecule has 10 heteroatoms. The van der Waals surface area contributed by atoms with Crippen LogP contribution in [0.25, 0.3) is 0 Å². The Morgan fingerprint density at radius 3 is 2.43 bits per heavy atom. The largest absolute Gasteiger partial charge is 0.487 e. The predicted molar refractivity (Wildman–Crippen MR) is 162 cm³/mol. The molecular formula is C34H32FN3O6. The van der Waals surface area contributed by atoms with Gasteiger partial charge in [0.05, 0.1) is 24.8 Å². The van der Waals surface area contributed by atoms with Crippen molar-refractivity contribution >= 4 is 23.3 Å². The molecule has 1 fully saturated rings. The van der Waals surface area contributed by atoms with Crippen molar-refractivity contribution in [2.75, 3.05) is 17.2 Å². The molecule has 226 valence electrons. The second-order valence-electron chi connectivity index (χ2n) is 10.8. The normalized spacial score (nSPS) is 20.0. The average molecular weight is 598 g/mol. The molecule has 0 saturated carbocycles. The smallest absolute Gasteiger partial charge is 0.323 e. The number of ether oxygens (including phenoxy) is 3. The van der Waals surface area contributed by atoms with Gasteiger partial charge in [0.15, 0.2) is 0 Å². The Bertz CT molecular complexity index is 1620. The summed E-state index contributed by atoms with van der Waals surface area (Å²) in [6.45, 7) is 0.0867. The number of urea groups is 1. The zero-order chi connectivity index (χ0) is 30.5. The number of benzene rings is 4. The van der Waals surface area contributed by atoms with Crippen LogP contribution < -0.4 is 25.4 Å². The van der Waals surface area contributed by atoms with E-state index in [1.165, 1.54) is 12.1 Å². The van der Waals surface area contributed by atoms with Crippen molar-refractivity contribution in [3.8, 4) is 17.2 Å². The highest BCUT2D eigenvalue weighted by Gasteiger charge is 2.46. The number of hydrogen-bond acceptors (Lipinski definition) is 6. The quantitative estimate of drug-likeness (QED) is 0.189. The first kappa shape index (κ1) is 29.2. The van der Waals surface area contributed by atoms with Crippen molar-refractivity contribution < 1.29 is 33.3 Å². The van der Waals surface area contributed by atoms with Crippen LogP contribution in [0, 0.1) is 5.82 Å². The van der Waals surface area contributed by atoms with E-state index < -0.39 is 30.2 Å². The minimum absolute atomic E-state index is 0.0694. The lowest BCUT2D eigenvalue weighted by Crippen LogP contribution is -2.47. The summed E-state index contributed by atoms with van der Waals surface area (Å²) in [7, 11) is 0. The highest BCUT2D eigenvalue weighted by Crippen LogP contribution is 2.47. The molecule has 0 spiro atoms. The Hall–Kier alpha value is -4.93. The SMILES string of the molecule is O=C(C[C@@H]1C[C@@H]2c3cc(NC(=O)Nc4ccccc4F)ccc3O[C@@H]2[C@H](CO)O1)NCc1ccc(Oc2ccccc2)cc1. The van der Waals surface area contributed by atoms with E-state index in [0.717, 1.165) is 16.9 Å². The van der Waals surface area contributed by atoms with Gasteiger partial charge in [0, 0.05) is 23.7 Å². The Morgan fingerprint density at radius 1 is 0.909 bits per heavy atom. The Morgan fingerprint density at radius 2 is 1.66 bits per heavy atom. The summed E-state index contributed by atoms with van der Waals surface area (Å²) in [4.78, 5) is 25.4. The Kier molecular flexibility index (Phi) is 8.71. The van der Waals surface area contributed by atoms with Crippen molar-refractivity contribution in [3.05, 3.63) is 114 Å². The maximum atomic E-state index is 13.9. The number of para-hydroxylation sites is 2. The van der Waals surface area contributed by atoms with Crippen molar-refractivity contribution in [2.45, 2.75) is 43.6 Å². The molecule has 9 nitrogen and oxygen atoms in total. The summed E-state index contributed by atoms with van der Waals surface area (Å²) in [6.07, 6.45) is -0.860. The highest BCUT2D eigenvalue weighted by atomic mass is 19.1. The average Bonchev–Trinajstić information content (AvgIpc) is 3.40. The van der Waals surface area contributed by atoms with Gasteiger partial charge in [-0.1, -0.05) is 42.5 Å². The van der Waals surface area contributed by atoms with E-state index in [1.54, 1.807) is 24.3 Å². The standard InChI is InChI=1S/C34H32FN3O6/c35-28-8-4-5-9-29(28)38-34(41)37-22-12-15-30-26(16-22)27-17-25(43-31(20-39)33(27)44-30)18-32(40)36-19-21-10-13-24(14-11-21)42-23-6-2-1-3-7-23/h1-16,25,27,31,33,39H,17-20H2,(H,36,40)(H2,37,38,41)/t25-,27+,31-,33-/m0/s1. The van der Waals surface area contributed by atoms with E-state index in [9.17, 15) is 19.1 Å². The van der Waals surface area contributed by atoms with Gasteiger partial charge in [-0.3, -0.25) is 4.79 Å². The van der Waals surface area contributed by atoms with Gasteiger partial charge >= 0.3 is 6.03 Å². The number of carbonyl (C=O) groups excluding carboxylic acids is 2. The maximum Gasteiger partial charge on any atom is 0.323 e. The summed E-state index contributed by atoms with van der Waals surface area (Å²) >= 11 is 0. The molecule has 44 heavy (non-hydrogen) atoms. The van der Waals surface area contributed by atoms with Crippen LogP contribution in [-0.2, 0) is 16.1 Å². The van der Waals surface area contributed by atoms with E-state index >= 15 is 0 Å². The number of nitrogens with one attached hydrogen (secondary N) is 3. The fourth-order valence-electron chi connectivity index (χ4n) is 5.59. The minimum atomic E-state index is -0.614. The molecule has 0 bridgehead atoms. The van der Waals surface area contributed by atoms with Crippen LogP contribution in [0.3, 0.4) is 0 Å². The molecule has 1 saturated heterocycles. The molecule has 4 N–H and O–H groups in total. The van der Waals surface area contributed by atoms with Crippen LogP contribution in [0.5, 0.6) is 17.2 Å². The Labute approximate surface area is 254 Å². The Balaban J connectivity index is 1.05. The van der Waals surface area contributed by atoms with E-state index in [0.29, 0.717) is 30.2 Å². The molecule has 4 aromatic carbocycles. The van der Waals surface area contributed by atoms with Gasteiger partial charge < -0.3 is 35.3 Å². The van der Waals surface area contributed by atoms with Crippen LogP contribution >= 0.6 is 0 Å². The molecule has 2 aliphatic rings. The molecule has 4 aromatic rings. The van der Waals surface area contributed by atoms with E-state index in [-0.39, 0.29) is 30.5 Å². The molecule has 2 aliphatic heterocycles. The lowest BCUT2D eigenvalue weighted by molar-refractivity contribution is -0.142. The van der Waals surface area contributed by atoms with Crippen molar-refractivity contribution in [3.63, 3.8) is 0 Å². The van der Waals surface area contributed by atoms with Gasteiger partial charge in [-0.05, 0) is 66.6 Å². The number of aliphatic hydroxyl groups is 1. The van der Waals surface area contributed by atoms with E-state index in [1.807, 2.05) is 60.7 Å². The molecule has 0 aliphatic carbocycles. The number of amides is 3. The monoisotopic (exact) mass is 597 g/mol. The van der Waals surface area contributed by atoms with Crippen LogP contribution in [0.4, 0.5) is 20.6 Å². The molecular weight excluding hydrogens is 565 g/mol. The fourth-order valence-corrected chi connectivity index (χ4v) is 5.59.